The van der Waals surface area contributed by atoms with Crippen LogP contribution in [0.5, 0.6) is 5.75 Å². The summed E-state index contributed by atoms with van der Waals surface area (Å²) >= 11 is 0. The molecule has 3 heteroatoms. The van der Waals surface area contributed by atoms with Crippen molar-refractivity contribution < 1.29 is 9.84 Å². The topological polar surface area (TPSA) is 34.4 Å². The molecule has 94 valence electrons. The van der Waals surface area contributed by atoms with E-state index in [-0.39, 0.29) is 6.10 Å². The Hall–Kier alpha value is -1.74. The number of aliphatic hydroxyl groups excluding tert-OH is 1. The molecule has 0 radical (unpaired) electrons. The molecule has 0 aliphatic heterocycles. The van der Waals surface area contributed by atoms with Crippen LogP contribution in [0.15, 0.2) is 36.5 Å². The van der Waals surface area contributed by atoms with Crippen molar-refractivity contribution in [1.82, 2.24) is 4.57 Å². The lowest BCUT2D eigenvalue weighted by Gasteiger charge is -2.20. The number of hydrogen-bond donors (Lipinski definition) is 1. The Labute approximate surface area is 107 Å². The van der Waals surface area contributed by atoms with Gasteiger partial charge in [-0.05, 0) is 49.6 Å². The molecule has 0 saturated heterocycles. The zero-order valence-electron chi connectivity index (χ0n) is 10.5. The van der Waals surface area contributed by atoms with Crippen molar-refractivity contribution in [2.75, 3.05) is 7.11 Å². The summed E-state index contributed by atoms with van der Waals surface area (Å²) in [7, 11) is 1.67. The molecule has 0 saturated carbocycles. The average molecular weight is 243 g/mol. The van der Waals surface area contributed by atoms with Crippen LogP contribution in [0.1, 0.15) is 30.2 Å². The first-order valence-electron chi connectivity index (χ1n) is 6.32. The fourth-order valence-electron chi connectivity index (χ4n) is 2.65. The Morgan fingerprint density at radius 3 is 2.72 bits per heavy atom. The zero-order valence-corrected chi connectivity index (χ0v) is 10.5. The molecule has 1 N–H and O–H groups in total. The van der Waals surface area contributed by atoms with Crippen LogP contribution in [-0.2, 0) is 6.42 Å². The number of methoxy groups -OCH3 is 1. The fourth-order valence-corrected chi connectivity index (χ4v) is 2.65. The number of ether oxygens (including phenoxy) is 1. The van der Waals surface area contributed by atoms with E-state index in [1.165, 1.54) is 5.69 Å². The fraction of sp³-hybridized carbons (Fsp3) is 0.333. The molecule has 0 amide bonds. The number of aromatic nitrogens is 1. The summed E-state index contributed by atoms with van der Waals surface area (Å²) in [6.45, 7) is 0. The van der Waals surface area contributed by atoms with E-state index in [0.717, 1.165) is 36.3 Å². The number of benzene rings is 1. The number of rotatable bonds is 2. The quantitative estimate of drug-likeness (QED) is 0.880. The molecule has 1 aliphatic rings. The second kappa shape index (κ2) is 4.50. The maximum atomic E-state index is 9.97. The lowest BCUT2D eigenvalue weighted by molar-refractivity contribution is 0.156. The van der Waals surface area contributed by atoms with Crippen molar-refractivity contribution >= 4 is 0 Å². The highest BCUT2D eigenvalue weighted by Gasteiger charge is 2.21. The minimum Gasteiger partial charge on any atom is -0.497 e. The normalized spacial score (nSPS) is 18.4. The van der Waals surface area contributed by atoms with E-state index in [0.29, 0.717) is 0 Å². The monoisotopic (exact) mass is 243 g/mol. The summed E-state index contributed by atoms with van der Waals surface area (Å²) < 4.78 is 7.33. The minimum absolute atomic E-state index is 0.298. The summed E-state index contributed by atoms with van der Waals surface area (Å²) in [5.41, 5.74) is 3.43. The molecule has 1 aromatic heterocycles. The summed E-state index contributed by atoms with van der Waals surface area (Å²) in [5, 5.41) is 9.97. The van der Waals surface area contributed by atoms with Gasteiger partial charge in [0.25, 0.3) is 0 Å². The maximum Gasteiger partial charge on any atom is 0.119 e. The van der Waals surface area contributed by atoms with Gasteiger partial charge < -0.3 is 14.4 Å². The van der Waals surface area contributed by atoms with Gasteiger partial charge in [0.05, 0.1) is 13.2 Å². The van der Waals surface area contributed by atoms with Crippen LogP contribution in [0.2, 0.25) is 0 Å². The Morgan fingerprint density at radius 2 is 2.00 bits per heavy atom. The Bertz CT molecular complexity index is 542. The Kier molecular flexibility index (Phi) is 2.84. The van der Waals surface area contributed by atoms with Crippen LogP contribution < -0.4 is 4.74 Å². The van der Waals surface area contributed by atoms with Gasteiger partial charge in [-0.3, -0.25) is 0 Å². The van der Waals surface area contributed by atoms with Crippen LogP contribution in [0.3, 0.4) is 0 Å². The smallest absolute Gasteiger partial charge is 0.119 e. The van der Waals surface area contributed by atoms with E-state index in [1.54, 1.807) is 7.11 Å². The van der Waals surface area contributed by atoms with Gasteiger partial charge in [0.1, 0.15) is 5.75 Å². The highest BCUT2D eigenvalue weighted by Crippen LogP contribution is 2.32. The molecule has 3 rings (SSSR count). The van der Waals surface area contributed by atoms with Crippen molar-refractivity contribution in [3.8, 4) is 11.4 Å². The third-order valence-electron chi connectivity index (χ3n) is 3.63. The molecule has 0 fully saturated rings. The van der Waals surface area contributed by atoms with Crippen LogP contribution in [-0.4, -0.2) is 16.8 Å². The van der Waals surface area contributed by atoms with Crippen molar-refractivity contribution in [2.24, 2.45) is 0 Å². The first-order chi connectivity index (χ1) is 8.79. The molecule has 1 unspecified atom stereocenters. The zero-order chi connectivity index (χ0) is 12.5. The van der Waals surface area contributed by atoms with E-state index in [2.05, 4.69) is 4.57 Å². The van der Waals surface area contributed by atoms with Crippen LogP contribution in [0, 0.1) is 0 Å². The van der Waals surface area contributed by atoms with Crippen molar-refractivity contribution in [3.05, 3.63) is 47.8 Å². The predicted octanol–water partition coefficient (Wildman–Crippen LogP) is 2.86. The van der Waals surface area contributed by atoms with Gasteiger partial charge >= 0.3 is 0 Å². The standard InChI is InChI=1S/C15H17NO2/c1-18-12-7-5-11(6-8-12)16-10-9-13-14(16)3-2-4-15(13)17/h5-10,15,17H,2-4H2,1H3. The molecule has 0 bridgehead atoms. The number of aliphatic hydroxyl groups is 1. The maximum absolute atomic E-state index is 9.97. The van der Waals surface area contributed by atoms with Crippen LogP contribution in [0.4, 0.5) is 0 Å². The van der Waals surface area contributed by atoms with E-state index >= 15 is 0 Å². The van der Waals surface area contributed by atoms with E-state index in [9.17, 15) is 5.11 Å². The van der Waals surface area contributed by atoms with Gasteiger partial charge in [-0.25, -0.2) is 0 Å². The highest BCUT2D eigenvalue weighted by molar-refractivity contribution is 5.42. The molecular weight excluding hydrogens is 226 g/mol. The van der Waals surface area contributed by atoms with Gasteiger partial charge in [-0.1, -0.05) is 0 Å². The Morgan fingerprint density at radius 1 is 1.22 bits per heavy atom. The summed E-state index contributed by atoms with van der Waals surface area (Å²) in [5.74, 6) is 0.861. The number of fused-ring (bicyclic) bond motifs is 1. The molecular formula is C15H17NO2. The number of hydrogen-bond acceptors (Lipinski definition) is 2. The molecule has 1 atom stereocenters. The highest BCUT2D eigenvalue weighted by atomic mass is 16.5. The van der Waals surface area contributed by atoms with Crippen molar-refractivity contribution in [1.29, 1.82) is 0 Å². The predicted molar refractivity (Wildman–Crippen MR) is 70.2 cm³/mol. The van der Waals surface area contributed by atoms with Gasteiger partial charge in [0.2, 0.25) is 0 Å². The van der Waals surface area contributed by atoms with Gasteiger partial charge in [0.15, 0.2) is 0 Å². The largest absolute Gasteiger partial charge is 0.497 e. The van der Waals surface area contributed by atoms with Crippen LogP contribution in [0.25, 0.3) is 5.69 Å². The Balaban J connectivity index is 2.01. The van der Waals surface area contributed by atoms with Crippen molar-refractivity contribution in [2.45, 2.75) is 25.4 Å². The lowest BCUT2D eigenvalue weighted by atomic mass is 9.95. The molecule has 3 nitrogen and oxygen atoms in total. The van der Waals surface area contributed by atoms with Gasteiger partial charge in [-0.2, -0.15) is 0 Å². The minimum atomic E-state index is -0.298. The lowest BCUT2D eigenvalue weighted by Crippen LogP contribution is -2.10. The van der Waals surface area contributed by atoms with E-state index in [4.69, 9.17) is 4.74 Å². The molecule has 1 aliphatic carbocycles. The average Bonchev–Trinajstić information content (AvgIpc) is 2.84. The second-order valence-corrected chi connectivity index (χ2v) is 4.69. The molecule has 1 aromatic carbocycles. The summed E-state index contributed by atoms with van der Waals surface area (Å²) in [4.78, 5) is 0. The third kappa shape index (κ3) is 1.81. The molecule has 0 spiro atoms. The summed E-state index contributed by atoms with van der Waals surface area (Å²) in [6, 6.07) is 10.0. The molecule has 2 aromatic rings. The van der Waals surface area contributed by atoms with Gasteiger partial charge in [0, 0.05) is 23.1 Å². The molecule has 1 heterocycles. The molecule has 18 heavy (non-hydrogen) atoms. The van der Waals surface area contributed by atoms with Gasteiger partial charge in [-0.15, -0.1) is 0 Å². The first kappa shape index (κ1) is 11.4. The first-order valence-corrected chi connectivity index (χ1v) is 6.32. The SMILES string of the molecule is COc1ccc(-n2ccc3c2CCCC3O)cc1. The van der Waals surface area contributed by atoms with E-state index in [1.807, 2.05) is 36.5 Å². The number of nitrogens with zero attached hydrogens (tertiary/aromatic N) is 1. The third-order valence-corrected chi connectivity index (χ3v) is 3.63. The van der Waals surface area contributed by atoms with Crippen molar-refractivity contribution in [3.63, 3.8) is 0 Å². The summed E-state index contributed by atoms with van der Waals surface area (Å²) in [6.07, 6.45) is 4.70. The van der Waals surface area contributed by atoms with E-state index < -0.39 is 0 Å². The van der Waals surface area contributed by atoms with Crippen LogP contribution >= 0.6 is 0 Å². The second-order valence-electron chi connectivity index (χ2n) is 4.69.